The quantitative estimate of drug-likeness (QED) is 0.917. The van der Waals surface area contributed by atoms with Crippen molar-refractivity contribution in [3.05, 3.63) is 41.6 Å². The minimum Gasteiger partial charge on any atom is -0.465 e. The van der Waals surface area contributed by atoms with Crippen LogP contribution in [-0.2, 0) is 0 Å². The van der Waals surface area contributed by atoms with Gasteiger partial charge in [-0.05, 0) is 31.4 Å². The first-order valence-corrected chi connectivity index (χ1v) is 7.16. The summed E-state index contributed by atoms with van der Waals surface area (Å²) in [6.45, 7) is 0.520. The van der Waals surface area contributed by atoms with Crippen molar-refractivity contribution in [1.82, 2.24) is 10.1 Å². The molecule has 1 aromatic heterocycles. The van der Waals surface area contributed by atoms with Crippen LogP contribution < -0.4 is 0 Å². The molecule has 1 saturated heterocycles. The molecule has 1 aliphatic heterocycles. The van der Waals surface area contributed by atoms with Gasteiger partial charge in [0.15, 0.2) is 5.76 Å². The zero-order valence-corrected chi connectivity index (χ0v) is 11.9. The molecule has 6 nitrogen and oxygen atoms in total. The number of benzene rings is 1. The van der Waals surface area contributed by atoms with Crippen LogP contribution >= 0.6 is 0 Å². The first kappa shape index (κ1) is 14.1. The van der Waals surface area contributed by atoms with Gasteiger partial charge in [0.25, 0.3) is 0 Å². The molecule has 1 atom stereocenters. The van der Waals surface area contributed by atoms with E-state index < -0.39 is 6.09 Å². The number of hydrogen-bond acceptors (Lipinski definition) is 4. The predicted octanol–water partition coefficient (Wildman–Crippen LogP) is 3.42. The molecule has 3 rings (SSSR count). The first-order valence-electron chi connectivity index (χ1n) is 7.16. The summed E-state index contributed by atoms with van der Waals surface area (Å²) in [7, 11) is 0. The molecule has 22 heavy (non-hydrogen) atoms. The summed E-state index contributed by atoms with van der Waals surface area (Å²) in [5.74, 6) is 0.544. The Labute approximate surface area is 127 Å². The van der Waals surface area contributed by atoms with Crippen molar-refractivity contribution >= 4 is 6.09 Å². The third-order valence-corrected chi connectivity index (χ3v) is 3.89. The molecule has 0 spiro atoms. The van der Waals surface area contributed by atoms with Crippen LogP contribution in [0.1, 0.15) is 36.6 Å². The van der Waals surface area contributed by atoms with Gasteiger partial charge in [-0.25, -0.2) is 4.79 Å². The maximum absolute atomic E-state index is 11.3. The van der Waals surface area contributed by atoms with Crippen molar-refractivity contribution in [2.45, 2.75) is 25.3 Å². The lowest BCUT2D eigenvalue weighted by Crippen LogP contribution is -2.37. The maximum atomic E-state index is 11.3. The molecule has 0 aliphatic carbocycles. The van der Waals surface area contributed by atoms with Gasteiger partial charge in [0, 0.05) is 18.2 Å². The van der Waals surface area contributed by atoms with Gasteiger partial charge in [0.05, 0.1) is 17.7 Å². The van der Waals surface area contributed by atoms with Gasteiger partial charge in [-0.3, -0.25) is 4.90 Å². The predicted molar refractivity (Wildman–Crippen MR) is 78.0 cm³/mol. The van der Waals surface area contributed by atoms with Crippen LogP contribution in [0.3, 0.4) is 0 Å². The number of carboxylic acid groups (broad SMARTS) is 1. The van der Waals surface area contributed by atoms with E-state index in [-0.39, 0.29) is 6.04 Å². The van der Waals surface area contributed by atoms with E-state index in [2.05, 4.69) is 11.2 Å². The van der Waals surface area contributed by atoms with Crippen molar-refractivity contribution in [3.8, 4) is 17.4 Å². The lowest BCUT2D eigenvalue weighted by molar-refractivity contribution is 0.104. The molecule has 1 fully saturated rings. The summed E-state index contributed by atoms with van der Waals surface area (Å²) >= 11 is 0. The summed E-state index contributed by atoms with van der Waals surface area (Å²) in [5.41, 5.74) is 1.93. The monoisotopic (exact) mass is 297 g/mol. The number of amides is 1. The molecular formula is C16H15N3O3. The number of likely N-dealkylation sites (tertiary alicyclic amines) is 1. The van der Waals surface area contributed by atoms with Crippen molar-refractivity contribution in [2.24, 2.45) is 0 Å². The Morgan fingerprint density at radius 2 is 2.27 bits per heavy atom. The number of piperidine rings is 1. The molecule has 6 heteroatoms. The Balaban J connectivity index is 1.89. The summed E-state index contributed by atoms with van der Waals surface area (Å²) in [6, 6.07) is 10.6. The van der Waals surface area contributed by atoms with Crippen LogP contribution in [0.15, 0.2) is 34.9 Å². The first-order chi connectivity index (χ1) is 10.7. The molecule has 0 unspecified atom stereocenters. The number of aromatic nitrogens is 1. The molecule has 1 N–H and O–H groups in total. The van der Waals surface area contributed by atoms with E-state index in [1.807, 2.05) is 6.07 Å². The summed E-state index contributed by atoms with van der Waals surface area (Å²) in [5, 5.41) is 22.3. The Morgan fingerprint density at radius 3 is 3.05 bits per heavy atom. The zero-order chi connectivity index (χ0) is 15.5. The zero-order valence-electron chi connectivity index (χ0n) is 11.9. The third-order valence-electron chi connectivity index (χ3n) is 3.89. The normalized spacial score (nSPS) is 18.0. The Kier molecular flexibility index (Phi) is 3.79. The highest BCUT2D eigenvalue weighted by Crippen LogP contribution is 2.32. The van der Waals surface area contributed by atoms with Crippen LogP contribution in [-0.4, -0.2) is 27.8 Å². The van der Waals surface area contributed by atoms with E-state index in [0.717, 1.165) is 24.8 Å². The second-order valence-corrected chi connectivity index (χ2v) is 5.30. The molecule has 1 aliphatic rings. The van der Waals surface area contributed by atoms with Crippen LogP contribution in [0, 0.1) is 11.3 Å². The second kappa shape index (κ2) is 5.90. The number of nitriles is 1. The van der Waals surface area contributed by atoms with E-state index in [1.54, 1.807) is 24.3 Å². The number of carbonyl (C=O) groups is 1. The van der Waals surface area contributed by atoms with Crippen LogP contribution in [0.5, 0.6) is 0 Å². The number of rotatable bonds is 2. The van der Waals surface area contributed by atoms with Crippen LogP contribution in [0.4, 0.5) is 4.79 Å². The molecule has 0 saturated carbocycles. The SMILES string of the molecule is N#Cc1cccc(-c2cc([C@H]3CCCCN3C(=O)O)no2)c1. The van der Waals surface area contributed by atoms with E-state index in [1.165, 1.54) is 4.90 Å². The van der Waals surface area contributed by atoms with Crippen LogP contribution in [0.25, 0.3) is 11.3 Å². The highest BCUT2D eigenvalue weighted by molar-refractivity contribution is 5.66. The summed E-state index contributed by atoms with van der Waals surface area (Å²) in [4.78, 5) is 12.7. The average molecular weight is 297 g/mol. The highest BCUT2D eigenvalue weighted by Gasteiger charge is 2.30. The van der Waals surface area contributed by atoms with Crippen molar-refractivity contribution in [1.29, 1.82) is 5.26 Å². The van der Waals surface area contributed by atoms with E-state index in [4.69, 9.17) is 9.78 Å². The molecule has 0 radical (unpaired) electrons. The molecule has 2 aromatic rings. The Morgan fingerprint density at radius 1 is 1.41 bits per heavy atom. The Bertz CT molecular complexity index is 732. The van der Waals surface area contributed by atoms with Crippen molar-refractivity contribution in [3.63, 3.8) is 0 Å². The lowest BCUT2D eigenvalue weighted by atomic mass is 9.99. The van der Waals surface area contributed by atoms with Crippen molar-refractivity contribution < 1.29 is 14.4 Å². The van der Waals surface area contributed by atoms with Gasteiger partial charge in [0.1, 0.15) is 5.69 Å². The molecule has 112 valence electrons. The fourth-order valence-electron chi connectivity index (χ4n) is 2.79. The molecule has 2 heterocycles. The smallest absolute Gasteiger partial charge is 0.407 e. The molecule has 1 aromatic carbocycles. The maximum Gasteiger partial charge on any atom is 0.407 e. The minimum absolute atomic E-state index is 0.261. The van der Waals surface area contributed by atoms with Gasteiger partial charge in [-0.15, -0.1) is 0 Å². The fourth-order valence-corrected chi connectivity index (χ4v) is 2.79. The van der Waals surface area contributed by atoms with Gasteiger partial charge in [0.2, 0.25) is 0 Å². The van der Waals surface area contributed by atoms with Gasteiger partial charge in [-0.2, -0.15) is 5.26 Å². The van der Waals surface area contributed by atoms with E-state index >= 15 is 0 Å². The van der Waals surface area contributed by atoms with Crippen LogP contribution in [0.2, 0.25) is 0 Å². The van der Waals surface area contributed by atoms with Gasteiger partial charge < -0.3 is 9.63 Å². The minimum atomic E-state index is -0.930. The van der Waals surface area contributed by atoms with E-state index in [0.29, 0.717) is 23.6 Å². The number of hydrogen-bond donors (Lipinski definition) is 1. The molecular weight excluding hydrogens is 282 g/mol. The topological polar surface area (TPSA) is 90.4 Å². The largest absolute Gasteiger partial charge is 0.465 e. The third kappa shape index (κ3) is 2.66. The van der Waals surface area contributed by atoms with Crippen molar-refractivity contribution in [2.75, 3.05) is 6.54 Å². The second-order valence-electron chi connectivity index (χ2n) is 5.30. The standard InChI is InChI=1S/C16H15N3O3/c17-10-11-4-3-5-12(8-11)15-9-13(18-22-15)14-6-1-2-7-19(14)16(20)21/h3-5,8-9,14H,1-2,6-7H2,(H,20,21)/t14-/m1/s1. The molecule has 1 amide bonds. The Hall–Kier alpha value is -2.81. The summed E-state index contributed by atoms with van der Waals surface area (Å²) in [6.07, 6.45) is 1.66. The lowest BCUT2D eigenvalue weighted by Gasteiger charge is -2.31. The van der Waals surface area contributed by atoms with E-state index in [9.17, 15) is 9.90 Å². The van der Waals surface area contributed by atoms with Gasteiger partial charge >= 0.3 is 6.09 Å². The number of nitrogens with zero attached hydrogens (tertiary/aromatic N) is 3. The van der Waals surface area contributed by atoms with Gasteiger partial charge in [-0.1, -0.05) is 17.3 Å². The fraction of sp³-hybridized carbons (Fsp3) is 0.312. The molecule has 0 bridgehead atoms. The highest BCUT2D eigenvalue weighted by atomic mass is 16.5. The average Bonchev–Trinajstić information content (AvgIpc) is 3.05. The summed E-state index contributed by atoms with van der Waals surface area (Å²) < 4.78 is 5.35.